The standard InChI is InChI=1S/C16H20N2O3/c1-11(2)9-14-15(19)17-13(16(21-3)18(14)20)10-12-7-5-4-6-8-12/h4-8,11H,9-10H2,1-3H3,(H,17,19). The highest BCUT2D eigenvalue weighted by Gasteiger charge is 2.23. The molecule has 1 aromatic carbocycles. The first-order chi connectivity index (χ1) is 10.0. The van der Waals surface area contributed by atoms with Crippen LogP contribution in [0.1, 0.15) is 30.8 Å². The summed E-state index contributed by atoms with van der Waals surface area (Å²) in [6.45, 7) is 3.92. The summed E-state index contributed by atoms with van der Waals surface area (Å²) in [5.74, 6) is 0.380. The first-order valence-corrected chi connectivity index (χ1v) is 6.98. The Kier molecular flexibility index (Phi) is 4.62. The summed E-state index contributed by atoms with van der Waals surface area (Å²) >= 11 is 0. The van der Waals surface area contributed by atoms with E-state index in [1.807, 2.05) is 44.2 Å². The van der Waals surface area contributed by atoms with Crippen molar-refractivity contribution < 1.29 is 9.47 Å². The van der Waals surface area contributed by atoms with Crippen molar-refractivity contribution >= 4 is 0 Å². The molecule has 0 atom stereocenters. The molecule has 1 heterocycles. The van der Waals surface area contributed by atoms with E-state index in [9.17, 15) is 10.0 Å². The van der Waals surface area contributed by atoms with E-state index in [-0.39, 0.29) is 23.1 Å². The SMILES string of the molecule is COc1c(Cc2ccccc2)[nH]c(=O)c(CC(C)C)[n+]1[O-]. The minimum Gasteiger partial charge on any atom is -0.616 e. The Labute approximate surface area is 123 Å². The third kappa shape index (κ3) is 3.42. The van der Waals surface area contributed by atoms with Crippen molar-refractivity contribution in [3.63, 3.8) is 0 Å². The molecule has 0 aliphatic rings. The van der Waals surface area contributed by atoms with Gasteiger partial charge in [0.2, 0.25) is 0 Å². The number of hydrogen-bond donors (Lipinski definition) is 1. The molecule has 0 aliphatic heterocycles. The van der Waals surface area contributed by atoms with E-state index in [2.05, 4.69) is 4.98 Å². The van der Waals surface area contributed by atoms with Gasteiger partial charge >= 0.3 is 11.4 Å². The van der Waals surface area contributed by atoms with Crippen molar-refractivity contribution in [3.8, 4) is 5.88 Å². The minimum absolute atomic E-state index is 0.161. The van der Waals surface area contributed by atoms with E-state index in [1.165, 1.54) is 7.11 Å². The van der Waals surface area contributed by atoms with E-state index < -0.39 is 0 Å². The molecule has 1 N–H and O–H groups in total. The lowest BCUT2D eigenvalue weighted by atomic mass is 10.1. The van der Waals surface area contributed by atoms with Crippen molar-refractivity contribution in [2.75, 3.05) is 7.11 Å². The van der Waals surface area contributed by atoms with Gasteiger partial charge < -0.3 is 14.9 Å². The van der Waals surface area contributed by atoms with Crippen molar-refractivity contribution in [3.05, 3.63) is 62.8 Å². The molecule has 0 saturated heterocycles. The molecule has 0 radical (unpaired) electrons. The van der Waals surface area contributed by atoms with Crippen LogP contribution in [-0.2, 0) is 12.8 Å². The summed E-state index contributed by atoms with van der Waals surface area (Å²) in [4.78, 5) is 14.9. The molecular weight excluding hydrogens is 268 g/mol. The van der Waals surface area contributed by atoms with Gasteiger partial charge in [0.1, 0.15) is 5.69 Å². The van der Waals surface area contributed by atoms with Gasteiger partial charge in [-0.15, -0.1) is 4.73 Å². The number of hydrogen-bond acceptors (Lipinski definition) is 3. The largest absolute Gasteiger partial charge is 0.616 e. The fourth-order valence-electron chi connectivity index (χ4n) is 2.29. The molecule has 0 fully saturated rings. The number of methoxy groups -OCH3 is 1. The van der Waals surface area contributed by atoms with Crippen molar-refractivity contribution in [2.24, 2.45) is 5.92 Å². The topological polar surface area (TPSA) is 69.0 Å². The number of nitrogens with one attached hydrogen (secondary N) is 1. The Hall–Kier alpha value is -2.30. The maximum absolute atomic E-state index is 12.3. The van der Waals surface area contributed by atoms with E-state index in [1.54, 1.807) is 0 Å². The van der Waals surface area contributed by atoms with Crippen LogP contribution in [0.3, 0.4) is 0 Å². The van der Waals surface area contributed by atoms with Gasteiger partial charge in [-0.05, 0) is 11.5 Å². The van der Waals surface area contributed by atoms with Crippen molar-refractivity contribution in [2.45, 2.75) is 26.7 Å². The van der Waals surface area contributed by atoms with Crippen LogP contribution in [0.4, 0.5) is 0 Å². The van der Waals surface area contributed by atoms with Crippen LogP contribution in [0.2, 0.25) is 0 Å². The third-order valence-corrected chi connectivity index (χ3v) is 3.23. The highest BCUT2D eigenvalue weighted by atomic mass is 16.5. The average Bonchev–Trinajstić information content (AvgIpc) is 2.44. The molecule has 0 bridgehead atoms. The molecule has 21 heavy (non-hydrogen) atoms. The summed E-state index contributed by atoms with van der Waals surface area (Å²) < 4.78 is 5.83. The summed E-state index contributed by atoms with van der Waals surface area (Å²) in [6, 6.07) is 9.63. The fraction of sp³-hybridized carbons (Fsp3) is 0.375. The van der Waals surface area contributed by atoms with Gasteiger partial charge in [-0.2, -0.15) is 0 Å². The number of rotatable bonds is 5. The van der Waals surface area contributed by atoms with Crippen LogP contribution in [0.15, 0.2) is 35.1 Å². The fourth-order valence-corrected chi connectivity index (χ4v) is 2.29. The molecule has 0 spiro atoms. The van der Waals surface area contributed by atoms with Crippen LogP contribution in [0.5, 0.6) is 5.88 Å². The van der Waals surface area contributed by atoms with E-state index >= 15 is 0 Å². The first-order valence-electron chi connectivity index (χ1n) is 6.98. The zero-order valence-corrected chi connectivity index (χ0v) is 12.6. The Morgan fingerprint density at radius 1 is 1.29 bits per heavy atom. The van der Waals surface area contributed by atoms with Gasteiger partial charge in [0.15, 0.2) is 0 Å². The number of nitrogens with zero attached hydrogens (tertiary/aromatic N) is 1. The second-order valence-corrected chi connectivity index (χ2v) is 5.44. The molecule has 0 amide bonds. The molecule has 112 valence electrons. The molecule has 5 nitrogen and oxygen atoms in total. The van der Waals surface area contributed by atoms with Crippen LogP contribution in [-0.4, -0.2) is 12.1 Å². The average molecular weight is 288 g/mol. The number of benzene rings is 1. The Morgan fingerprint density at radius 2 is 1.95 bits per heavy atom. The lowest BCUT2D eigenvalue weighted by molar-refractivity contribution is -0.622. The maximum Gasteiger partial charge on any atom is 0.400 e. The van der Waals surface area contributed by atoms with Gasteiger partial charge in [0.05, 0.1) is 7.11 Å². The van der Waals surface area contributed by atoms with Crippen LogP contribution < -0.4 is 15.0 Å². The van der Waals surface area contributed by atoms with Crippen LogP contribution in [0, 0.1) is 11.1 Å². The van der Waals surface area contributed by atoms with Crippen LogP contribution in [0.25, 0.3) is 0 Å². The summed E-state index contributed by atoms with van der Waals surface area (Å²) in [6.07, 6.45) is 0.865. The van der Waals surface area contributed by atoms with E-state index in [4.69, 9.17) is 4.74 Å². The molecule has 5 heteroatoms. The molecule has 1 aromatic heterocycles. The molecule has 0 aliphatic carbocycles. The third-order valence-electron chi connectivity index (χ3n) is 3.23. The zero-order valence-electron chi connectivity index (χ0n) is 12.6. The molecule has 0 unspecified atom stereocenters. The summed E-state index contributed by atoms with van der Waals surface area (Å²) in [7, 11) is 1.44. The predicted octanol–water partition coefficient (Wildman–Crippen LogP) is 1.81. The number of ether oxygens (including phenoxy) is 1. The van der Waals surface area contributed by atoms with Gasteiger partial charge in [0.25, 0.3) is 5.69 Å². The monoisotopic (exact) mass is 288 g/mol. The lowest BCUT2D eigenvalue weighted by Gasteiger charge is -2.12. The van der Waals surface area contributed by atoms with Crippen molar-refractivity contribution in [1.29, 1.82) is 0 Å². The van der Waals surface area contributed by atoms with Gasteiger partial charge in [0, 0.05) is 12.8 Å². The number of aromatic nitrogens is 2. The normalized spacial score (nSPS) is 10.9. The summed E-state index contributed by atoms with van der Waals surface area (Å²) in [5.41, 5.74) is 1.35. The smallest absolute Gasteiger partial charge is 0.400 e. The van der Waals surface area contributed by atoms with Crippen LogP contribution >= 0.6 is 0 Å². The second kappa shape index (κ2) is 6.43. The quantitative estimate of drug-likeness (QED) is 0.674. The van der Waals surface area contributed by atoms with Gasteiger partial charge in [-0.3, -0.25) is 4.79 Å². The maximum atomic E-state index is 12.3. The first kappa shape index (κ1) is 15.1. The van der Waals surface area contributed by atoms with E-state index in [0.29, 0.717) is 23.3 Å². The Balaban J connectivity index is 2.45. The van der Waals surface area contributed by atoms with Crippen molar-refractivity contribution in [1.82, 2.24) is 4.98 Å². The molecule has 0 saturated carbocycles. The molecule has 2 aromatic rings. The summed E-state index contributed by atoms with van der Waals surface area (Å²) in [5, 5.41) is 12.3. The van der Waals surface area contributed by atoms with Gasteiger partial charge in [-0.1, -0.05) is 44.2 Å². The predicted molar refractivity (Wildman–Crippen MR) is 80.4 cm³/mol. The highest BCUT2D eigenvalue weighted by molar-refractivity contribution is 5.25. The minimum atomic E-state index is -0.342. The highest BCUT2D eigenvalue weighted by Crippen LogP contribution is 2.15. The van der Waals surface area contributed by atoms with Gasteiger partial charge in [-0.25, -0.2) is 0 Å². The Morgan fingerprint density at radius 3 is 2.52 bits per heavy atom. The van der Waals surface area contributed by atoms with E-state index in [0.717, 1.165) is 5.56 Å². The second-order valence-electron chi connectivity index (χ2n) is 5.44. The number of aromatic amines is 1. The molecular formula is C16H20N2O3. The number of H-pyrrole nitrogens is 1. The Bertz CT molecular complexity index is 663. The molecule has 2 rings (SSSR count). The zero-order chi connectivity index (χ0) is 15.4. The lowest BCUT2D eigenvalue weighted by Crippen LogP contribution is -2.43.